The zero-order chi connectivity index (χ0) is 31.0. The molecule has 3 fully saturated rings. The minimum Gasteiger partial charge on any atom is -0.475 e. The molecule has 13 heteroatoms. The van der Waals surface area contributed by atoms with E-state index in [1.54, 1.807) is 5.57 Å². The quantitative estimate of drug-likeness (QED) is 0.314. The van der Waals surface area contributed by atoms with Crippen LogP contribution in [-0.2, 0) is 9.59 Å². The normalized spacial score (nSPS) is 23.3. The fourth-order valence-electron chi connectivity index (χ4n) is 5.42. The predicted octanol–water partition coefficient (Wildman–Crippen LogP) is 5.35. The number of benzene rings is 1. The van der Waals surface area contributed by atoms with Gasteiger partial charge in [-0.25, -0.2) is 9.59 Å². The summed E-state index contributed by atoms with van der Waals surface area (Å²) < 4.78 is 63.5. The van der Waals surface area contributed by atoms with Crippen LogP contribution in [0.1, 0.15) is 57.9 Å². The molecule has 0 amide bonds. The van der Waals surface area contributed by atoms with Crippen molar-refractivity contribution in [2.45, 2.75) is 82.9 Å². The lowest BCUT2D eigenvalue weighted by Crippen LogP contribution is -2.54. The second-order valence-corrected chi connectivity index (χ2v) is 11.0. The van der Waals surface area contributed by atoms with E-state index in [4.69, 9.17) is 19.8 Å². The molecule has 2 aliphatic carbocycles. The van der Waals surface area contributed by atoms with E-state index in [0.29, 0.717) is 11.5 Å². The summed E-state index contributed by atoms with van der Waals surface area (Å²) in [4.78, 5) is 20.2. The van der Waals surface area contributed by atoms with Gasteiger partial charge in [-0.2, -0.15) is 26.3 Å². The van der Waals surface area contributed by atoms with E-state index in [-0.39, 0.29) is 6.10 Å². The number of aliphatic hydroxyl groups is 1. The maximum atomic E-state index is 10.6. The second kappa shape index (κ2) is 14.5. The molecule has 41 heavy (non-hydrogen) atoms. The Kier molecular flexibility index (Phi) is 12.2. The van der Waals surface area contributed by atoms with E-state index in [9.17, 15) is 31.4 Å². The van der Waals surface area contributed by atoms with E-state index < -0.39 is 24.3 Å². The fourth-order valence-corrected chi connectivity index (χ4v) is 5.42. The standard InChI is InChI=1S/C24H36N2O.2C2HF3O2/c1-3-20(13-19-7-5-4-6-8-19)22-14-23(22)25-21-15-24(16-21)9-11-26(12-10-24)17-18(2)27;2*3-2(4,5)1(6)7/h4-8,13,18,21-23,25,27H,3,9-12,14-17H2,1-2H3;2*(H,6,7)/b20-13+;;/t18?,22-,23+;;/m1../s1. The molecule has 1 aromatic rings. The Morgan fingerprint density at radius 3 is 1.93 bits per heavy atom. The highest BCUT2D eigenvalue weighted by Crippen LogP contribution is 2.51. The molecule has 7 nitrogen and oxygen atoms in total. The third-order valence-electron chi connectivity index (χ3n) is 7.56. The summed E-state index contributed by atoms with van der Waals surface area (Å²) in [5.41, 5.74) is 3.55. The first-order chi connectivity index (χ1) is 19.0. The van der Waals surface area contributed by atoms with Crippen molar-refractivity contribution in [3.05, 3.63) is 41.5 Å². The number of aliphatic carboxylic acids is 2. The number of likely N-dealkylation sites (tertiary alicyclic amines) is 1. The number of alkyl halides is 6. The molecule has 1 aromatic carbocycles. The van der Waals surface area contributed by atoms with E-state index in [0.717, 1.165) is 24.9 Å². The summed E-state index contributed by atoms with van der Waals surface area (Å²) in [5.74, 6) is -4.76. The minimum atomic E-state index is -5.08. The number of carbonyl (C=O) groups is 2. The number of carboxylic acid groups (broad SMARTS) is 2. The lowest BCUT2D eigenvalue weighted by atomic mass is 9.60. The number of halogens is 6. The molecule has 3 aliphatic rings. The summed E-state index contributed by atoms with van der Waals surface area (Å²) in [6.07, 6.45) is -0.111. The number of nitrogens with one attached hydrogen (secondary N) is 1. The summed E-state index contributed by atoms with van der Waals surface area (Å²) in [6.45, 7) is 7.38. The lowest BCUT2D eigenvalue weighted by Gasteiger charge is -2.53. The number of hydrogen-bond donors (Lipinski definition) is 4. The second-order valence-electron chi connectivity index (χ2n) is 11.0. The van der Waals surface area contributed by atoms with Gasteiger partial charge in [-0.3, -0.25) is 0 Å². The third kappa shape index (κ3) is 11.6. The number of hydrogen-bond acceptors (Lipinski definition) is 5. The molecule has 4 rings (SSSR count). The van der Waals surface area contributed by atoms with Crippen molar-refractivity contribution in [3.63, 3.8) is 0 Å². The topological polar surface area (TPSA) is 110 Å². The fraction of sp³-hybridized carbons (Fsp3) is 0.643. The van der Waals surface area contributed by atoms with Crippen molar-refractivity contribution in [2.75, 3.05) is 19.6 Å². The summed E-state index contributed by atoms with van der Waals surface area (Å²) in [7, 11) is 0. The van der Waals surface area contributed by atoms with Gasteiger partial charge in [0.15, 0.2) is 0 Å². The van der Waals surface area contributed by atoms with Crippen molar-refractivity contribution < 1.29 is 51.3 Å². The molecule has 3 atom stereocenters. The van der Waals surface area contributed by atoms with Gasteiger partial charge in [0.1, 0.15) is 0 Å². The maximum absolute atomic E-state index is 10.6. The van der Waals surface area contributed by atoms with Gasteiger partial charge in [-0.15, -0.1) is 0 Å². The van der Waals surface area contributed by atoms with Gasteiger partial charge in [0, 0.05) is 18.6 Å². The van der Waals surface area contributed by atoms with Crippen LogP contribution >= 0.6 is 0 Å². The lowest BCUT2D eigenvalue weighted by molar-refractivity contribution is -0.193. The Bertz CT molecular complexity index is 989. The molecular formula is C28H38F6N2O5. The monoisotopic (exact) mass is 596 g/mol. The van der Waals surface area contributed by atoms with E-state index >= 15 is 0 Å². The molecule has 1 saturated heterocycles. The van der Waals surface area contributed by atoms with Crippen LogP contribution in [0.2, 0.25) is 0 Å². The van der Waals surface area contributed by atoms with Crippen molar-refractivity contribution in [1.29, 1.82) is 0 Å². The molecule has 4 N–H and O–H groups in total. The first-order valence-corrected chi connectivity index (χ1v) is 13.5. The molecule has 1 unspecified atom stereocenters. The Morgan fingerprint density at radius 1 is 1.02 bits per heavy atom. The molecule has 1 aliphatic heterocycles. The smallest absolute Gasteiger partial charge is 0.475 e. The van der Waals surface area contributed by atoms with Crippen LogP contribution in [0.25, 0.3) is 6.08 Å². The van der Waals surface area contributed by atoms with Crippen LogP contribution in [0.5, 0.6) is 0 Å². The van der Waals surface area contributed by atoms with Gasteiger partial charge >= 0.3 is 24.3 Å². The van der Waals surface area contributed by atoms with Crippen molar-refractivity contribution in [1.82, 2.24) is 10.2 Å². The maximum Gasteiger partial charge on any atom is 0.490 e. The minimum absolute atomic E-state index is 0.196. The van der Waals surface area contributed by atoms with Gasteiger partial charge in [0.25, 0.3) is 0 Å². The Hall–Kier alpha value is -2.64. The number of carboxylic acids is 2. The van der Waals surface area contributed by atoms with Gasteiger partial charge in [0.05, 0.1) is 6.10 Å². The molecule has 0 radical (unpaired) electrons. The number of rotatable bonds is 7. The molecule has 232 valence electrons. The van der Waals surface area contributed by atoms with Gasteiger partial charge in [0.2, 0.25) is 0 Å². The summed E-state index contributed by atoms with van der Waals surface area (Å²) in [5, 5.41) is 27.8. The van der Waals surface area contributed by atoms with E-state index in [1.165, 1.54) is 50.8 Å². The van der Waals surface area contributed by atoms with Crippen molar-refractivity contribution >= 4 is 18.0 Å². The van der Waals surface area contributed by atoms with Crippen molar-refractivity contribution in [2.24, 2.45) is 11.3 Å². The van der Waals surface area contributed by atoms with Gasteiger partial charge in [-0.1, -0.05) is 48.9 Å². The molecular weight excluding hydrogens is 558 g/mol. The first-order valence-electron chi connectivity index (χ1n) is 13.5. The SMILES string of the molecule is CC/C(=C\c1ccccc1)[C@H]1C[C@@H]1NC1CC2(CCN(CC(C)O)CC2)C1.O=C(O)C(F)(F)F.O=C(O)C(F)(F)F. The average molecular weight is 597 g/mol. The molecule has 1 heterocycles. The highest BCUT2D eigenvalue weighted by atomic mass is 19.4. The molecule has 1 spiro atoms. The predicted molar refractivity (Wildman–Crippen MR) is 140 cm³/mol. The number of piperidine rings is 1. The van der Waals surface area contributed by atoms with Crippen LogP contribution in [0.15, 0.2) is 35.9 Å². The highest BCUT2D eigenvalue weighted by molar-refractivity contribution is 5.73. The Morgan fingerprint density at radius 2 is 1.51 bits per heavy atom. The molecule has 0 aromatic heterocycles. The summed E-state index contributed by atoms with van der Waals surface area (Å²) >= 11 is 0. The highest BCUT2D eigenvalue weighted by Gasteiger charge is 2.49. The number of aliphatic hydroxyl groups excluding tert-OH is 1. The zero-order valence-corrected chi connectivity index (χ0v) is 23.0. The Balaban J connectivity index is 0.000000349. The Labute approximate surface area is 235 Å². The van der Waals surface area contributed by atoms with E-state index in [1.807, 2.05) is 6.92 Å². The zero-order valence-electron chi connectivity index (χ0n) is 23.0. The van der Waals surface area contributed by atoms with Gasteiger partial charge in [-0.05, 0) is 75.4 Å². The first kappa shape index (κ1) is 34.6. The molecule has 2 saturated carbocycles. The largest absolute Gasteiger partial charge is 0.490 e. The summed E-state index contributed by atoms with van der Waals surface area (Å²) in [6, 6.07) is 12.2. The van der Waals surface area contributed by atoms with Crippen LogP contribution in [0.4, 0.5) is 26.3 Å². The molecule has 0 bridgehead atoms. The van der Waals surface area contributed by atoms with Crippen LogP contribution in [0, 0.1) is 11.3 Å². The van der Waals surface area contributed by atoms with E-state index in [2.05, 4.69) is 53.5 Å². The van der Waals surface area contributed by atoms with Gasteiger partial charge < -0.3 is 25.5 Å². The van der Waals surface area contributed by atoms with Crippen LogP contribution < -0.4 is 5.32 Å². The van der Waals surface area contributed by atoms with Crippen LogP contribution in [-0.4, -0.2) is 82.3 Å². The number of β-amino-alcohol motifs (C(OH)–C–C–N with tert-alkyl or cyclic N) is 1. The average Bonchev–Trinajstić information content (AvgIpc) is 3.61. The van der Waals surface area contributed by atoms with Crippen LogP contribution in [0.3, 0.4) is 0 Å². The van der Waals surface area contributed by atoms with Crippen molar-refractivity contribution in [3.8, 4) is 0 Å². The third-order valence-corrected chi connectivity index (χ3v) is 7.56. The number of nitrogens with zero attached hydrogens (tertiary/aromatic N) is 1.